The molecule has 1 saturated carbocycles. The molecule has 0 bridgehead atoms. The Kier molecular flexibility index (Phi) is 11.3. The summed E-state index contributed by atoms with van der Waals surface area (Å²) in [7, 11) is 3.12. The molecule has 5 N–H and O–H groups in total. The number of alkyl halides is 2. The van der Waals surface area contributed by atoms with E-state index in [0.29, 0.717) is 55.0 Å². The third-order valence-corrected chi connectivity index (χ3v) is 8.94. The van der Waals surface area contributed by atoms with Crippen LogP contribution in [0.1, 0.15) is 70.0 Å². The van der Waals surface area contributed by atoms with Crippen LogP contribution in [0.25, 0.3) is 0 Å². The smallest absolute Gasteiger partial charge is 0.307 e. The third kappa shape index (κ3) is 7.89. The summed E-state index contributed by atoms with van der Waals surface area (Å²) in [4.78, 5) is 39.5. The average molecular weight is 628 g/mol. The van der Waals surface area contributed by atoms with Gasteiger partial charge in [0.1, 0.15) is 18.1 Å². The molecule has 240 valence electrons. The van der Waals surface area contributed by atoms with E-state index < -0.39 is 35.5 Å². The SMILES string of the molecule is CC1CCN(C)C1=O.CC1c2c(OC/C(N)=C(/N(C)N)C(C)(F)F)ccc(Cl)c2CCN1C(=O)C1CCCCC1C(=O)O. The molecule has 1 aromatic rings. The van der Waals surface area contributed by atoms with Crippen LogP contribution < -0.4 is 16.3 Å². The molecule has 2 aliphatic heterocycles. The predicted molar refractivity (Wildman–Crippen MR) is 159 cm³/mol. The third-order valence-electron chi connectivity index (χ3n) is 8.58. The first-order chi connectivity index (χ1) is 20.1. The molecule has 13 heteroatoms. The van der Waals surface area contributed by atoms with Gasteiger partial charge in [0, 0.05) is 50.6 Å². The maximum Gasteiger partial charge on any atom is 0.307 e. The Hall–Kier alpha value is -3.12. The molecule has 1 saturated heterocycles. The quantitative estimate of drug-likeness (QED) is 0.302. The Labute approximate surface area is 256 Å². The summed E-state index contributed by atoms with van der Waals surface area (Å²) < 4.78 is 33.8. The maximum atomic E-state index is 14.0. The molecule has 1 aromatic carbocycles. The molecular formula is C30H44ClF2N5O5. The van der Waals surface area contributed by atoms with Gasteiger partial charge in [-0.3, -0.25) is 14.4 Å². The van der Waals surface area contributed by atoms with Gasteiger partial charge in [-0.25, -0.2) is 5.84 Å². The van der Waals surface area contributed by atoms with Crippen LogP contribution in [0.4, 0.5) is 8.78 Å². The van der Waals surface area contributed by atoms with Gasteiger partial charge in [0.2, 0.25) is 11.8 Å². The highest BCUT2D eigenvalue weighted by atomic mass is 35.5. The lowest BCUT2D eigenvalue weighted by Gasteiger charge is -2.40. The van der Waals surface area contributed by atoms with E-state index in [1.807, 2.05) is 20.9 Å². The summed E-state index contributed by atoms with van der Waals surface area (Å²) in [6, 6.07) is 2.83. The van der Waals surface area contributed by atoms with E-state index >= 15 is 0 Å². The number of halogens is 3. The summed E-state index contributed by atoms with van der Waals surface area (Å²) in [6.07, 6.45) is 4.11. The van der Waals surface area contributed by atoms with Crippen molar-refractivity contribution in [2.45, 2.75) is 71.3 Å². The van der Waals surface area contributed by atoms with Gasteiger partial charge in [-0.05, 0) is 50.3 Å². The molecule has 3 aliphatic rings. The van der Waals surface area contributed by atoms with Crippen molar-refractivity contribution in [1.29, 1.82) is 0 Å². The molecule has 43 heavy (non-hydrogen) atoms. The zero-order valence-electron chi connectivity index (χ0n) is 25.5. The topological polar surface area (TPSA) is 142 Å². The Morgan fingerprint density at radius 3 is 2.28 bits per heavy atom. The number of rotatable bonds is 7. The second-order valence-electron chi connectivity index (χ2n) is 11.8. The first kappa shape index (κ1) is 34.4. The van der Waals surface area contributed by atoms with E-state index in [0.717, 1.165) is 36.4 Å². The number of hydrazine groups is 1. The van der Waals surface area contributed by atoms with Crippen molar-refractivity contribution in [1.82, 2.24) is 14.8 Å². The average Bonchev–Trinajstić information content (AvgIpc) is 3.22. The van der Waals surface area contributed by atoms with Crippen molar-refractivity contribution in [2.24, 2.45) is 29.3 Å². The van der Waals surface area contributed by atoms with Gasteiger partial charge in [0.15, 0.2) is 0 Å². The number of benzene rings is 1. The lowest BCUT2D eigenvalue weighted by molar-refractivity contribution is -0.153. The molecule has 0 spiro atoms. The fraction of sp³-hybridized carbons (Fsp3) is 0.633. The molecule has 2 amide bonds. The van der Waals surface area contributed by atoms with Crippen LogP contribution >= 0.6 is 11.6 Å². The number of ether oxygens (including phenoxy) is 1. The monoisotopic (exact) mass is 627 g/mol. The highest BCUT2D eigenvalue weighted by Gasteiger charge is 2.41. The van der Waals surface area contributed by atoms with Crippen molar-refractivity contribution in [2.75, 3.05) is 33.8 Å². The number of carbonyl (C=O) groups is 3. The summed E-state index contributed by atoms with van der Waals surface area (Å²) in [6.45, 7) is 5.50. The maximum absolute atomic E-state index is 14.0. The van der Waals surface area contributed by atoms with Gasteiger partial charge in [-0.2, -0.15) is 8.78 Å². The van der Waals surface area contributed by atoms with Crippen LogP contribution in [0.3, 0.4) is 0 Å². The zero-order valence-corrected chi connectivity index (χ0v) is 26.3. The second kappa shape index (κ2) is 14.1. The van der Waals surface area contributed by atoms with Gasteiger partial charge in [0.25, 0.3) is 5.92 Å². The summed E-state index contributed by atoms with van der Waals surface area (Å²) in [5.74, 6) is 0.803. The molecule has 0 aromatic heterocycles. The molecule has 10 nitrogen and oxygen atoms in total. The number of hydrogen-bond acceptors (Lipinski definition) is 7. The first-order valence-electron chi connectivity index (χ1n) is 14.6. The molecule has 4 rings (SSSR count). The molecule has 0 radical (unpaired) electrons. The van der Waals surface area contributed by atoms with Gasteiger partial charge < -0.3 is 30.4 Å². The summed E-state index contributed by atoms with van der Waals surface area (Å²) in [5, 5.41) is 10.9. The number of aliphatic carboxylic acids is 1. The summed E-state index contributed by atoms with van der Waals surface area (Å²) in [5.41, 5.74) is 6.61. The number of allylic oxidation sites excluding steroid dienone is 1. The van der Waals surface area contributed by atoms with Gasteiger partial charge in [-0.1, -0.05) is 31.4 Å². The number of nitrogens with two attached hydrogens (primary N) is 2. The normalized spacial score (nSPS) is 24.4. The molecule has 2 heterocycles. The molecule has 4 atom stereocenters. The van der Waals surface area contributed by atoms with E-state index in [4.69, 9.17) is 27.9 Å². The molecule has 4 unspecified atom stereocenters. The number of carbonyl (C=O) groups excluding carboxylic acids is 2. The Balaban J connectivity index is 0.000000546. The Bertz CT molecular complexity index is 1230. The highest BCUT2D eigenvalue weighted by molar-refractivity contribution is 6.31. The fourth-order valence-electron chi connectivity index (χ4n) is 6.31. The van der Waals surface area contributed by atoms with E-state index in [-0.39, 0.29) is 24.1 Å². The van der Waals surface area contributed by atoms with Crippen molar-refractivity contribution >= 4 is 29.4 Å². The van der Waals surface area contributed by atoms with Crippen LogP contribution in [-0.2, 0) is 20.8 Å². The first-order valence-corrected chi connectivity index (χ1v) is 15.0. The number of hydrogen-bond donors (Lipinski definition) is 3. The molecular weight excluding hydrogens is 584 g/mol. The van der Waals surface area contributed by atoms with Crippen LogP contribution in [0.2, 0.25) is 5.02 Å². The van der Waals surface area contributed by atoms with Gasteiger partial charge in [-0.15, -0.1) is 0 Å². The minimum absolute atomic E-state index is 0.196. The number of carboxylic acids is 1. The number of fused-ring (bicyclic) bond motifs is 1. The minimum atomic E-state index is -3.27. The van der Waals surface area contributed by atoms with E-state index in [9.17, 15) is 28.3 Å². The second-order valence-corrected chi connectivity index (χ2v) is 12.2. The molecule has 1 aliphatic carbocycles. The van der Waals surface area contributed by atoms with Crippen molar-refractivity contribution < 1.29 is 33.0 Å². The minimum Gasteiger partial charge on any atom is -0.487 e. The predicted octanol–water partition coefficient (Wildman–Crippen LogP) is 4.17. The summed E-state index contributed by atoms with van der Waals surface area (Å²) >= 11 is 6.44. The van der Waals surface area contributed by atoms with Gasteiger partial charge in [0.05, 0.1) is 23.6 Å². The van der Waals surface area contributed by atoms with Crippen LogP contribution in [0.5, 0.6) is 5.75 Å². The van der Waals surface area contributed by atoms with Crippen molar-refractivity contribution in [3.05, 3.63) is 39.7 Å². The van der Waals surface area contributed by atoms with E-state index in [1.165, 1.54) is 7.05 Å². The number of likely N-dealkylation sites (tertiary alicyclic amines) is 1. The van der Waals surface area contributed by atoms with Crippen LogP contribution in [0.15, 0.2) is 23.5 Å². The number of amides is 2. The van der Waals surface area contributed by atoms with Gasteiger partial charge >= 0.3 is 5.97 Å². The number of carboxylic acid groups (broad SMARTS) is 1. The fourth-order valence-corrected chi connectivity index (χ4v) is 6.57. The zero-order chi connectivity index (χ0) is 32.2. The van der Waals surface area contributed by atoms with Crippen LogP contribution in [0, 0.1) is 17.8 Å². The standard InChI is InChI=1S/C24H33ClF2N4O4.C6H11NO/c1-13-20-16(10-11-31(13)22(32)14-6-4-5-7-15(14)23(33)34)17(25)8-9-19(20)35-12-18(28)21(30(3)29)24(2,26)27;1-5-3-4-7(2)6(5)8/h8-9,13-15H,4-7,10-12,28-29H2,1-3H3,(H,33,34);5H,3-4H2,1-2H3/b21-18-;. The lowest BCUT2D eigenvalue weighted by Crippen LogP contribution is -2.46. The Morgan fingerprint density at radius 1 is 1.16 bits per heavy atom. The van der Waals surface area contributed by atoms with Crippen molar-refractivity contribution in [3.8, 4) is 5.75 Å². The highest BCUT2D eigenvalue weighted by Crippen LogP contribution is 2.42. The van der Waals surface area contributed by atoms with Crippen LogP contribution in [-0.4, -0.2) is 77.4 Å². The number of nitrogens with zero attached hydrogens (tertiary/aromatic N) is 3. The molecule has 2 fully saturated rings. The Morgan fingerprint density at radius 2 is 1.79 bits per heavy atom. The van der Waals surface area contributed by atoms with E-state index in [2.05, 4.69) is 0 Å². The van der Waals surface area contributed by atoms with E-state index in [1.54, 1.807) is 21.9 Å². The largest absolute Gasteiger partial charge is 0.487 e. The van der Waals surface area contributed by atoms with Crippen molar-refractivity contribution in [3.63, 3.8) is 0 Å². The lowest BCUT2D eigenvalue weighted by atomic mass is 9.77.